The van der Waals surface area contributed by atoms with Crippen molar-refractivity contribution >= 4 is 29.0 Å². The van der Waals surface area contributed by atoms with Crippen molar-refractivity contribution in [3.8, 4) is 0 Å². The van der Waals surface area contributed by atoms with E-state index < -0.39 is 5.92 Å². The molecule has 98 valence electrons. The molecule has 0 bridgehead atoms. The van der Waals surface area contributed by atoms with E-state index in [9.17, 15) is 4.79 Å². The summed E-state index contributed by atoms with van der Waals surface area (Å²) >= 11 is 5.94. The number of carbonyl (C=O) groups excluding carboxylic acids is 1. The minimum atomic E-state index is -0.656. The normalized spacial score (nSPS) is 13.1. The Labute approximate surface area is 111 Å². The molecule has 4 N–H and O–H groups in total. The first-order valence-electron chi connectivity index (χ1n) is 5.63. The number of amidine groups is 1. The highest BCUT2D eigenvalue weighted by Gasteiger charge is 2.22. The predicted octanol–water partition coefficient (Wildman–Crippen LogP) is 2.44. The molecular weight excluding hydrogens is 254 g/mol. The summed E-state index contributed by atoms with van der Waals surface area (Å²) in [6, 6.07) is 6.90. The average Bonchev–Trinajstić information content (AvgIpc) is 2.37. The van der Waals surface area contributed by atoms with Crippen LogP contribution < -0.4 is 11.1 Å². The molecule has 1 atom stereocenters. The van der Waals surface area contributed by atoms with Crippen LogP contribution in [0.5, 0.6) is 0 Å². The van der Waals surface area contributed by atoms with Crippen LogP contribution >= 0.6 is 11.6 Å². The molecule has 1 rings (SSSR count). The number of anilines is 1. The number of para-hydroxylation sites is 1. The number of hydrogen-bond acceptors (Lipinski definition) is 3. The molecule has 6 heteroatoms. The van der Waals surface area contributed by atoms with Crippen molar-refractivity contribution in [1.29, 1.82) is 0 Å². The Bertz CT molecular complexity index is 449. The van der Waals surface area contributed by atoms with Crippen molar-refractivity contribution in [3.63, 3.8) is 0 Å². The Morgan fingerprint density at radius 1 is 1.56 bits per heavy atom. The van der Waals surface area contributed by atoms with Crippen molar-refractivity contribution < 1.29 is 10.0 Å². The Morgan fingerprint density at radius 2 is 2.22 bits per heavy atom. The Balaban J connectivity index is 2.82. The van der Waals surface area contributed by atoms with E-state index in [1.807, 2.05) is 6.92 Å². The van der Waals surface area contributed by atoms with Crippen molar-refractivity contribution in [3.05, 3.63) is 29.3 Å². The van der Waals surface area contributed by atoms with E-state index >= 15 is 0 Å². The molecule has 0 aliphatic rings. The van der Waals surface area contributed by atoms with Gasteiger partial charge >= 0.3 is 0 Å². The van der Waals surface area contributed by atoms with Crippen LogP contribution in [-0.2, 0) is 4.79 Å². The number of benzene rings is 1. The van der Waals surface area contributed by atoms with Crippen LogP contribution in [0.1, 0.15) is 19.8 Å². The fourth-order valence-electron chi connectivity index (χ4n) is 1.55. The molecule has 1 aromatic rings. The van der Waals surface area contributed by atoms with Gasteiger partial charge in [-0.05, 0) is 18.6 Å². The molecule has 0 aromatic heterocycles. The number of nitrogens with one attached hydrogen (secondary N) is 1. The summed E-state index contributed by atoms with van der Waals surface area (Å²) < 4.78 is 0. The monoisotopic (exact) mass is 269 g/mol. The second-order valence-electron chi connectivity index (χ2n) is 3.84. The van der Waals surface area contributed by atoms with Gasteiger partial charge in [-0.25, -0.2) is 0 Å². The first-order valence-corrected chi connectivity index (χ1v) is 6.00. The molecule has 5 nitrogen and oxygen atoms in total. The first-order chi connectivity index (χ1) is 8.60. The van der Waals surface area contributed by atoms with Gasteiger partial charge in [0.25, 0.3) is 0 Å². The average molecular weight is 270 g/mol. The lowest BCUT2D eigenvalue weighted by Crippen LogP contribution is -2.34. The number of amides is 1. The molecule has 0 saturated carbocycles. The van der Waals surface area contributed by atoms with Crippen molar-refractivity contribution in [1.82, 2.24) is 0 Å². The van der Waals surface area contributed by atoms with Gasteiger partial charge in [0.15, 0.2) is 5.84 Å². The van der Waals surface area contributed by atoms with Gasteiger partial charge in [-0.1, -0.05) is 42.2 Å². The van der Waals surface area contributed by atoms with Crippen LogP contribution in [0, 0.1) is 5.92 Å². The van der Waals surface area contributed by atoms with Gasteiger partial charge in [0.1, 0.15) is 0 Å². The summed E-state index contributed by atoms with van der Waals surface area (Å²) in [6.45, 7) is 1.92. The van der Waals surface area contributed by atoms with Gasteiger partial charge < -0.3 is 16.3 Å². The zero-order valence-electron chi connectivity index (χ0n) is 10.1. The zero-order valence-corrected chi connectivity index (χ0v) is 10.8. The van der Waals surface area contributed by atoms with Crippen LogP contribution in [-0.4, -0.2) is 17.0 Å². The highest BCUT2D eigenvalue weighted by Crippen LogP contribution is 2.21. The van der Waals surface area contributed by atoms with E-state index in [-0.39, 0.29) is 11.7 Å². The molecular formula is C12H16ClN3O2. The number of oxime groups is 1. The van der Waals surface area contributed by atoms with E-state index in [2.05, 4.69) is 10.5 Å². The largest absolute Gasteiger partial charge is 0.409 e. The summed E-state index contributed by atoms with van der Waals surface area (Å²) in [5, 5.41) is 14.7. The fraction of sp³-hybridized carbons (Fsp3) is 0.333. The third kappa shape index (κ3) is 3.63. The lowest BCUT2D eigenvalue weighted by Gasteiger charge is -2.15. The maximum Gasteiger partial charge on any atom is 0.235 e. The second-order valence-corrected chi connectivity index (χ2v) is 4.24. The summed E-state index contributed by atoms with van der Waals surface area (Å²) in [5.41, 5.74) is 6.01. The number of carbonyl (C=O) groups is 1. The number of nitrogens with two attached hydrogens (primary N) is 1. The molecule has 0 heterocycles. The maximum absolute atomic E-state index is 12.0. The summed E-state index contributed by atoms with van der Waals surface area (Å²) in [7, 11) is 0. The number of rotatable bonds is 5. The third-order valence-electron chi connectivity index (χ3n) is 2.50. The maximum atomic E-state index is 12.0. The zero-order chi connectivity index (χ0) is 13.5. The van der Waals surface area contributed by atoms with E-state index in [1.165, 1.54) is 0 Å². The van der Waals surface area contributed by atoms with Crippen molar-refractivity contribution in [2.45, 2.75) is 19.8 Å². The Morgan fingerprint density at radius 3 is 2.78 bits per heavy atom. The molecule has 0 aliphatic heterocycles. The van der Waals surface area contributed by atoms with Crippen LogP contribution in [0.2, 0.25) is 5.02 Å². The molecule has 0 fully saturated rings. The number of nitrogens with zero attached hydrogens (tertiary/aromatic N) is 1. The third-order valence-corrected chi connectivity index (χ3v) is 2.83. The lowest BCUT2D eigenvalue weighted by molar-refractivity contribution is -0.118. The summed E-state index contributed by atoms with van der Waals surface area (Å²) in [4.78, 5) is 12.0. The minimum Gasteiger partial charge on any atom is -0.409 e. The molecule has 0 aliphatic carbocycles. The van der Waals surface area contributed by atoms with E-state index in [1.54, 1.807) is 24.3 Å². The van der Waals surface area contributed by atoms with Gasteiger partial charge in [-0.15, -0.1) is 0 Å². The molecule has 1 unspecified atom stereocenters. The van der Waals surface area contributed by atoms with Gasteiger partial charge in [-0.2, -0.15) is 0 Å². The standard InChI is InChI=1S/C12H16ClN3O2/c1-2-5-8(11(14)16-18)12(17)15-10-7-4-3-6-9(10)13/h3-4,6-8,18H,2,5H2,1H3,(H2,14,16)(H,15,17). The van der Waals surface area contributed by atoms with Gasteiger partial charge in [0.2, 0.25) is 5.91 Å². The number of halogens is 1. The van der Waals surface area contributed by atoms with Crippen LogP contribution in [0.4, 0.5) is 5.69 Å². The molecule has 0 saturated heterocycles. The first kappa shape index (κ1) is 14.3. The quantitative estimate of drug-likeness (QED) is 0.332. The minimum absolute atomic E-state index is 0.0959. The summed E-state index contributed by atoms with van der Waals surface area (Å²) in [5.74, 6) is -1.09. The Hall–Kier alpha value is -1.75. The molecule has 0 radical (unpaired) electrons. The van der Waals surface area contributed by atoms with Gasteiger partial charge in [0, 0.05) is 0 Å². The lowest BCUT2D eigenvalue weighted by atomic mass is 10.0. The predicted molar refractivity (Wildman–Crippen MR) is 71.9 cm³/mol. The van der Waals surface area contributed by atoms with Crippen LogP contribution in [0.3, 0.4) is 0 Å². The van der Waals surface area contributed by atoms with E-state index in [0.29, 0.717) is 17.1 Å². The van der Waals surface area contributed by atoms with Gasteiger partial charge in [0.05, 0.1) is 16.6 Å². The summed E-state index contributed by atoms with van der Waals surface area (Å²) in [6.07, 6.45) is 1.25. The highest BCUT2D eigenvalue weighted by atomic mass is 35.5. The van der Waals surface area contributed by atoms with E-state index in [0.717, 1.165) is 6.42 Å². The molecule has 1 aromatic carbocycles. The van der Waals surface area contributed by atoms with Crippen molar-refractivity contribution in [2.75, 3.05) is 5.32 Å². The van der Waals surface area contributed by atoms with Crippen molar-refractivity contribution in [2.24, 2.45) is 16.8 Å². The molecule has 18 heavy (non-hydrogen) atoms. The number of hydrogen-bond donors (Lipinski definition) is 3. The van der Waals surface area contributed by atoms with Crippen LogP contribution in [0.25, 0.3) is 0 Å². The smallest absolute Gasteiger partial charge is 0.235 e. The SMILES string of the molecule is CCCC(C(=O)Nc1ccccc1Cl)C(N)=NO. The second kappa shape index (κ2) is 6.86. The fourth-order valence-corrected chi connectivity index (χ4v) is 1.74. The van der Waals surface area contributed by atoms with Gasteiger partial charge in [-0.3, -0.25) is 4.79 Å². The Kier molecular flexibility index (Phi) is 5.45. The highest BCUT2D eigenvalue weighted by molar-refractivity contribution is 6.33. The molecule has 1 amide bonds. The van der Waals surface area contributed by atoms with E-state index in [4.69, 9.17) is 22.5 Å². The molecule has 0 spiro atoms. The van der Waals surface area contributed by atoms with Crippen LogP contribution in [0.15, 0.2) is 29.4 Å². The topological polar surface area (TPSA) is 87.7 Å².